The summed E-state index contributed by atoms with van der Waals surface area (Å²) in [7, 11) is 0. The Morgan fingerprint density at radius 2 is 1.54 bits per heavy atom. The van der Waals surface area contributed by atoms with Crippen molar-refractivity contribution in [1.29, 1.82) is 0 Å². The van der Waals surface area contributed by atoms with Crippen LogP contribution in [0.15, 0.2) is 73.1 Å². The number of carbonyl (C=O) groups excluding carboxylic acids is 1. The molecule has 0 saturated carbocycles. The first kappa shape index (κ1) is 19.8. The summed E-state index contributed by atoms with van der Waals surface area (Å²) in [5, 5.41) is 2.77. The van der Waals surface area contributed by atoms with Crippen molar-refractivity contribution in [2.45, 2.75) is 26.2 Å². The first-order valence-electron chi connectivity index (χ1n) is 9.67. The third-order valence-corrected chi connectivity index (χ3v) is 4.82. The minimum absolute atomic E-state index is 0.0126. The SMILES string of the molecule is CC(C)CC(C(=O)NCN)c1cccc(-c2ccc(-c3ccncc3)cc2)c1. The van der Waals surface area contributed by atoms with Crippen molar-refractivity contribution in [3.8, 4) is 22.3 Å². The lowest BCUT2D eigenvalue weighted by atomic mass is 9.88. The molecule has 28 heavy (non-hydrogen) atoms. The molecule has 3 N–H and O–H groups in total. The Morgan fingerprint density at radius 3 is 2.14 bits per heavy atom. The highest BCUT2D eigenvalue weighted by atomic mass is 16.1. The van der Waals surface area contributed by atoms with Gasteiger partial charge in [0.25, 0.3) is 0 Å². The molecular formula is C24H27N3O. The van der Waals surface area contributed by atoms with Crippen LogP contribution in [-0.4, -0.2) is 17.6 Å². The number of benzene rings is 2. The molecule has 1 unspecified atom stereocenters. The van der Waals surface area contributed by atoms with Crippen LogP contribution in [0.5, 0.6) is 0 Å². The second-order valence-corrected chi connectivity index (χ2v) is 7.37. The van der Waals surface area contributed by atoms with Gasteiger partial charge in [-0.25, -0.2) is 0 Å². The quantitative estimate of drug-likeness (QED) is 0.596. The molecule has 0 aliphatic carbocycles. The Morgan fingerprint density at radius 1 is 0.929 bits per heavy atom. The standard InChI is InChI=1S/C24H27N3O/c1-17(2)14-23(24(28)27-16-25)22-5-3-4-21(15-22)19-8-6-18(7-9-19)20-10-12-26-13-11-20/h3-13,15,17,23H,14,16,25H2,1-2H3,(H,27,28). The number of nitrogens with one attached hydrogen (secondary N) is 1. The lowest BCUT2D eigenvalue weighted by molar-refractivity contribution is -0.122. The monoisotopic (exact) mass is 373 g/mol. The smallest absolute Gasteiger partial charge is 0.228 e. The molecule has 1 heterocycles. The molecule has 0 saturated heterocycles. The lowest BCUT2D eigenvalue weighted by Gasteiger charge is -2.19. The summed E-state index contributed by atoms with van der Waals surface area (Å²) in [6.07, 6.45) is 4.39. The summed E-state index contributed by atoms with van der Waals surface area (Å²) in [4.78, 5) is 16.6. The summed E-state index contributed by atoms with van der Waals surface area (Å²) in [5.74, 6) is 0.206. The molecule has 4 nitrogen and oxygen atoms in total. The summed E-state index contributed by atoms with van der Waals surface area (Å²) in [5.41, 5.74) is 11.1. The number of aromatic nitrogens is 1. The van der Waals surface area contributed by atoms with E-state index in [4.69, 9.17) is 5.73 Å². The van der Waals surface area contributed by atoms with Gasteiger partial charge in [0.2, 0.25) is 5.91 Å². The molecule has 2 aromatic carbocycles. The van der Waals surface area contributed by atoms with E-state index < -0.39 is 0 Å². The number of nitrogens with two attached hydrogens (primary N) is 1. The van der Waals surface area contributed by atoms with Crippen molar-refractivity contribution in [1.82, 2.24) is 10.3 Å². The van der Waals surface area contributed by atoms with Gasteiger partial charge in [0.1, 0.15) is 0 Å². The Balaban J connectivity index is 1.88. The molecule has 3 aromatic rings. The zero-order chi connectivity index (χ0) is 19.9. The first-order chi connectivity index (χ1) is 13.6. The van der Waals surface area contributed by atoms with E-state index in [1.165, 1.54) is 0 Å². The van der Waals surface area contributed by atoms with Crippen LogP contribution in [0.4, 0.5) is 0 Å². The lowest BCUT2D eigenvalue weighted by Crippen LogP contribution is -2.34. The van der Waals surface area contributed by atoms with Crippen LogP contribution in [0.3, 0.4) is 0 Å². The van der Waals surface area contributed by atoms with Crippen LogP contribution in [0.25, 0.3) is 22.3 Å². The number of pyridine rings is 1. The molecule has 0 radical (unpaired) electrons. The summed E-state index contributed by atoms with van der Waals surface area (Å²) in [6, 6.07) is 20.7. The minimum atomic E-state index is -0.195. The zero-order valence-corrected chi connectivity index (χ0v) is 16.4. The van der Waals surface area contributed by atoms with Crippen LogP contribution in [-0.2, 0) is 4.79 Å². The van der Waals surface area contributed by atoms with Crippen molar-refractivity contribution >= 4 is 5.91 Å². The highest BCUT2D eigenvalue weighted by Crippen LogP contribution is 2.29. The van der Waals surface area contributed by atoms with Gasteiger partial charge in [0.05, 0.1) is 12.6 Å². The fourth-order valence-corrected chi connectivity index (χ4v) is 3.42. The predicted octanol–water partition coefficient (Wildman–Crippen LogP) is 4.58. The maximum atomic E-state index is 12.5. The molecule has 0 bridgehead atoms. The van der Waals surface area contributed by atoms with Crippen molar-refractivity contribution < 1.29 is 4.79 Å². The summed E-state index contributed by atoms with van der Waals surface area (Å²) in [6.45, 7) is 4.42. The van der Waals surface area contributed by atoms with Gasteiger partial charge in [0.15, 0.2) is 0 Å². The zero-order valence-electron chi connectivity index (χ0n) is 16.4. The Kier molecular flexibility index (Phi) is 6.56. The van der Waals surface area contributed by atoms with Gasteiger partial charge in [0, 0.05) is 12.4 Å². The molecule has 1 aromatic heterocycles. The molecule has 0 fully saturated rings. The second kappa shape index (κ2) is 9.29. The normalized spacial score (nSPS) is 12.0. The summed E-state index contributed by atoms with van der Waals surface area (Å²) >= 11 is 0. The number of carbonyl (C=O) groups is 1. The molecule has 0 spiro atoms. The third-order valence-electron chi connectivity index (χ3n) is 4.82. The molecule has 144 valence electrons. The maximum absolute atomic E-state index is 12.5. The van der Waals surface area contributed by atoms with Crippen molar-refractivity contribution in [2.75, 3.05) is 6.67 Å². The van der Waals surface area contributed by atoms with Gasteiger partial charge in [-0.15, -0.1) is 0 Å². The Hall–Kier alpha value is -2.98. The van der Waals surface area contributed by atoms with Crippen LogP contribution >= 0.6 is 0 Å². The fourth-order valence-electron chi connectivity index (χ4n) is 3.42. The third kappa shape index (κ3) is 4.84. The highest BCUT2D eigenvalue weighted by Gasteiger charge is 2.21. The number of amides is 1. The van der Waals surface area contributed by atoms with E-state index in [0.29, 0.717) is 5.92 Å². The van der Waals surface area contributed by atoms with Crippen LogP contribution < -0.4 is 11.1 Å². The average Bonchev–Trinajstić information content (AvgIpc) is 2.73. The molecule has 1 atom stereocenters. The van der Waals surface area contributed by atoms with E-state index in [-0.39, 0.29) is 18.5 Å². The molecule has 4 heteroatoms. The van der Waals surface area contributed by atoms with Gasteiger partial charge in [-0.05, 0) is 52.3 Å². The van der Waals surface area contributed by atoms with Crippen molar-refractivity contribution in [3.63, 3.8) is 0 Å². The average molecular weight is 374 g/mol. The number of nitrogens with zero attached hydrogens (tertiary/aromatic N) is 1. The van der Waals surface area contributed by atoms with Crippen LogP contribution in [0, 0.1) is 5.92 Å². The maximum Gasteiger partial charge on any atom is 0.228 e. The van der Waals surface area contributed by atoms with E-state index in [9.17, 15) is 4.79 Å². The minimum Gasteiger partial charge on any atom is -0.343 e. The van der Waals surface area contributed by atoms with Gasteiger partial charge >= 0.3 is 0 Å². The predicted molar refractivity (Wildman–Crippen MR) is 115 cm³/mol. The van der Waals surface area contributed by atoms with E-state index in [1.807, 2.05) is 24.3 Å². The van der Waals surface area contributed by atoms with Gasteiger partial charge in [-0.1, -0.05) is 62.4 Å². The molecule has 3 rings (SSSR count). The second-order valence-electron chi connectivity index (χ2n) is 7.37. The molecule has 1 amide bonds. The van der Waals surface area contributed by atoms with Gasteiger partial charge in [-0.3, -0.25) is 9.78 Å². The Bertz CT molecular complexity index is 905. The van der Waals surface area contributed by atoms with Crippen LogP contribution in [0.1, 0.15) is 31.7 Å². The molecular weight excluding hydrogens is 346 g/mol. The number of rotatable bonds is 7. The topological polar surface area (TPSA) is 68.0 Å². The van der Waals surface area contributed by atoms with Crippen molar-refractivity contribution in [2.24, 2.45) is 11.7 Å². The number of hydrogen-bond donors (Lipinski definition) is 2. The largest absolute Gasteiger partial charge is 0.343 e. The van der Waals surface area contributed by atoms with Gasteiger partial charge < -0.3 is 11.1 Å². The highest BCUT2D eigenvalue weighted by molar-refractivity contribution is 5.84. The first-order valence-corrected chi connectivity index (χ1v) is 9.67. The van der Waals surface area contributed by atoms with Gasteiger partial charge in [-0.2, -0.15) is 0 Å². The van der Waals surface area contributed by atoms with Crippen LogP contribution in [0.2, 0.25) is 0 Å². The molecule has 0 aliphatic heterocycles. The molecule has 0 aliphatic rings. The van der Waals surface area contributed by atoms with E-state index >= 15 is 0 Å². The fraction of sp³-hybridized carbons (Fsp3) is 0.250. The summed E-state index contributed by atoms with van der Waals surface area (Å²) < 4.78 is 0. The van der Waals surface area contributed by atoms with E-state index in [0.717, 1.165) is 34.2 Å². The van der Waals surface area contributed by atoms with E-state index in [1.54, 1.807) is 12.4 Å². The number of hydrogen-bond acceptors (Lipinski definition) is 3. The van der Waals surface area contributed by atoms with Crippen molar-refractivity contribution in [3.05, 3.63) is 78.6 Å². The Labute approximate surface area is 166 Å². The van der Waals surface area contributed by atoms with E-state index in [2.05, 4.69) is 60.5 Å².